The van der Waals surface area contributed by atoms with E-state index in [2.05, 4.69) is 6.07 Å². The lowest BCUT2D eigenvalue weighted by Gasteiger charge is -2.32. The molecule has 0 bridgehead atoms. The summed E-state index contributed by atoms with van der Waals surface area (Å²) in [6.45, 7) is 0.735. The van der Waals surface area contributed by atoms with Crippen LogP contribution >= 0.6 is 0 Å². The van der Waals surface area contributed by atoms with E-state index in [9.17, 15) is 9.18 Å². The molecule has 0 N–H and O–H groups in total. The first-order valence-electron chi connectivity index (χ1n) is 6.40. The minimum atomic E-state index is -0.346. The van der Waals surface area contributed by atoms with Gasteiger partial charge < -0.3 is 4.90 Å². The molecule has 3 rings (SSSR count). The zero-order chi connectivity index (χ0) is 13.2. The lowest BCUT2D eigenvalue weighted by molar-refractivity contribution is 0.112. The predicted molar refractivity (Wildman–Crippen MR) is 73.6 cm³/mol. The Morgan fingerprint density at radius 3 is 2.79 bits per heavy atom. The Hall–Kier alpha value is -2.16. The third kappa shape index (κ3) is 2.01. The van der Waals surface area contributed by atoms with Crippen LogP contribution in [0.2, 0.25) is 0 Å². The molecule has 1 aliphatic rings. The third-order valence-corrected chi connectivity index (χ3v) is 3.53. The van der Waals surface area contributed by atoms with E-state index >= 15 is 0 Å². The molecule has 0 atom stereocenters. The van der Waals surface area contributed by atoms with E-state index in [4.69, 9.17) is 0 Å². The molecule has 0 unspecified atom stereocenters. The van der Waals surface area contributed by atoms with Crippen molar-refractivity contribution in [3.8, 4) is 0 Å². The van der Waals surface area contributed by atoms with Crippen LogP contribution in [-0.2, 0) is 6.42 Å². The summed E-state index contributed by atoms with van der Waals surface area (Å²) in [5.41, 5.74) is 3.00. The number of carbonyl (C=O) groups excluding carboxylic acids is 1. The van der Waals surface area contributed by atoms with Gasteiger partial charge in [0.25, 0.3) is 0 Å². The fraction of sp³-hybridized carbons (Fsp3) is 0.188. The van der Waals surface area contributed by atoms with Crippen molar-refractivity contribution in [2.75, 3.05) is 11.4 Å². The summed E-state index contributed by atoms with van der Waals surface area (Å²) in [7, 11) is 0. The summed E-state index contributed by atoms with van der Waals surface area (Å²) in [4.78, 5) is 13.1. The van der Waals surface area contributed by atoms with Crippen molar-refractivity contribution >= 4 is 17.7 Å². The molecular weight excluding hydrogens is 241 g/mol. The Kier molecular flexibility index (Phi) is 3.03. The molecule has 0 radical (unpaired) electrons. The summed E-state index contributed by atoms with van der Waals surface area (Å²) in [5.74, 6) is -0.346. The quantitative estimate of drug-likeness (QED) is 0.762. The molecular formula is C16H14FNO. The first-order chi connectivity index (χ1) is 9.31. The highest BCUT2D eigenvalue weighted by atomic mass is 19.1. The maximum absolute atomic E-state index is 14.1. The molecule has 1 heterocycles. The van der Waals surface area contributed by atoms with Gasteiger partial charge in [-0.25, -0.2) is 4.39 Å². The van der Waals surface area contributed by atoms with Gasteiger partial charge in [-0.05, 0) is 36.6 Å². The molecule has 1 aliphatic heterocycles. The van der Waals surface area contributed by atoms with E-state index in [1.54, 1.807) is 12.1 Å². The first kappa shape index (κ1) is 11.9. The highest BCUT2D eigenvalue weighted by molar-refractivity contribution is 5.87. The fourth-order valence-electron chi connectivity index (χ4n) is 2.68. The molecule has 0 aliphatic carbocycles. The number of benzene rings is 2. The molecule has 2 nitrogen and oxygen atoms in total. The summed E-state index contributed by atoms with van der Waals surface area (Å²) >= 11 is 0. The number of rotatable bonds is 2. The Morgan fingerprint density at radius 2 is 1.95 bits per heavy atom. The van der Waals surface area contributed by atoms with Crippen molar-refractivity contribution in [1.82, 2.24) is 0 Å². The zero-order valence-corrected chi connectivity index (χ0v) is 10.5. The second-order valence-corrected chi connectivity index (χ2v) is 4.68. The maximum atomic E-state index is 14.1. The summed E-state index contributed by atoms with van der Waals surface area (Å²) < 4.78 is 14.1. The van der Waals surface area contributed by atoms with Crippen LogP contribution in [-0.4, -0.2) is 12.8 Å². The van der Waals surface area contributed by atoms with Crippen LogP contribution in [0.25, 0.3) is 0 Å². The van der Waals surface area contributed by atoms with Crippen molar-refractivity contribution in [3.05, 3.63) is 59.4 Å². The van der Waals surface area contributed by atoms with Crippen molar-refractivity contribution in [3.63, 3.8) is 0 Å². The zero-order valence-electron chi connectivity index (χ0n) is 10.5. The number of carbonyl (C=O) groups is 1. The number of hydrogen-bond acceptors (Lipinski definition) is 2. The minimum absolute atomic E-state index is 0.346. The normalized spacial score (nSPS) is 14.1. The molecule has 0 fully saturated rings. The van der Waals surface area contributed by atoms with E-state index in [-0.39, 0.29) is 5.82 Å². The van der Waals surface area contributed by atoms with Crippen molar-refractivity contribution in [2.24, 2.45) is 0 Å². The first-order valence-corrected chi connectivity index (χ1v) is 6.40. The smallest absolute Gasteiger partial charge is 0.152 e. The predicted octanol–water partition coefficient (Wildman–Crippen LogP) is 3.72. The van der Waals surface area contributed by atoms with Crippen LogP contribution in [0.5, 0.6) is 0 Å². The van der Waals surface area contributed by atoms with Crippen LogP contribution in [0.3, 0.4) is 0 Å². The molecule has 0 amide bonds. The number of para-hydroxylation sites is 2. The van der Waals surface area contributed by atoms with Gasteiger partial charge >= 0.3 is 0 Å². The number of anilines is 2. The molecule has 2 aromatic carbocycles. The van der Waals surface area contributed by atoms with Crippen LogP contribution in [0, 0.1) is 5.82 Å². The van der Waals surface area contributed by atoms with Crippen molar-refractivity contribution in [2.45, 2.75) is 12.8 Å². The Morgan fingerprint density at radius 1 is 1.11 bits per heavy atom. The van der Waals surface area contributed by atoms with Crippen LogP contribution in [0.4, 0.5) is 15.8 Å². The second-order valence-electron chi connectivity index (χ2n) is 4.68. The Balaban J connectivity index is 2.17. The molecule has 2 aromatic rings. The SMILES string of the molecule is O=Cc1cccc(F)c1N1CCCc2ccccc21. The van der Waals surface area contributed by atoms with E-state index in [1.165, 1.54) is 11.6 Å². The van der Waals surface area contributed by atoms with E-state index in [1.807, 2.05) is 23.1 Å². The van der Waals surface area contributed by atoms with Crippen molar-refractivity contribution in [1.29, 1.82) is 0 Å². The third-order valence-electron chi connectivity index (χ3n) is 3.53. The van der Waals surface area contributed by atoms with Gasteiger partial charge in [0.15, 0.2) is 6.29 Å². The average Bonchev–Trinajstić information content (AvgIpc) is 2.46. The van der Waals surface area contributed by atoms with E-state index < -0.39 is 0 Å². The summed E-state index contributed by atoms with van der Waals surface area (Å²) in [5, 5.41) is 0. The van der Waals surface area contributed by atoms with Gasteiger partial charge in [-0.1, -0.05) is 24.3 Å². The lowest BCUT2D eigenvalue weighted by Crippen LogP contribution is -2.26. The molecule has 0 aromatic heterocycles. The largest absolute Gasteiger partial charge is 0.338 e. The minimum Gasteiger partial charge on any atom is -0.338 e. The summed E-state index contributed by atoms with van der Waals surface area (Å²) in [6.07, 6.45) is 2.68. The van der Waals surface area contributed by atoms with E-state index in [0.717, 1.165) is 31.4 Å². The number of aldehydes is 1. The molecule has 19 heavy (non-hydrogen) atoms. The van der Waals surface area contributed by atoms with Gasteiger partial charge in [0, 0.05) is 17.8 Å². The number of fused-ring (bicyclic) bond motifs is 1. The monoisotopic (exact) mass is 255 g/mol. The van der Waals surface area contributed by atoms with E-state index in [0.29, 0.717) is 11.3 Å². The van der Waals surface area contributed by atoms with Gasteiger partial charge in [-0.3, -0.25) is 4.79 Å². The van der Waals surface area contributed by atoms with Gasteiger partial charge in [-0.2, -0.15) is 0 Å². The van der Waals surface area contributed by atoms with Gasteiger partial charge in [0.1, 0.15) is 5.82 Å². The van der Waals surface area contributed by atoms with Crippen LogP contribution in [0.1, 0.15) is 22.3 Å². The summed E-state index contributed by atoms with van der Waals surface area (Å²) in [6, 6.07) is 12.6. The van der Waals surface area contributed by atoms with Gasteiger partial charge in [0.05, 0.1) is 5.69 Å². The highest BCUT2D eigenvalue weighted by Crippen LogP contribution is 2.36. The Bertz CT molecular complexity index is 624. The highest BCUT2D eigenvalue weighted by Gasteiger charge is 2.22. The standard InChI is InChI=1S/C16H14FNO/c17-14-8-3-6-13(11-19)16(14)18-10-4-7-12-5-1-2-9-15(12)18/h1-3,5-6,8-9,11H,4,7,10H2. The maximum Gasteiger partial charge on any atom is 0.152 e. The molecule has 0 spiro atoms. The molecule has 96 valence electrons. The number of hydrogen-bond donors (Lipinski definition) is 0. The molecule has 0 saturated carbocycles. The number of aryl methyl sites for hydroxylation is 1. The number of nitrogens with zero attached hydrogens (tertiary/aromatic N) is 1. The Labute approximate surface area is 111 Å². The van der Waals surface area contributed by atoms with Gasteiger partial charge in [0.2, 0.25) is 0 Å². The van der Waals surface area contributed by atoms with Crippen LogP contribution in [0.15, 0.2) is 42.5 Å². The van der Waals surface area contributed by atoms with Gasteiger partial charge in [-0.15, -0.1) is 0 Å². The topological polar surface area (TPSA) is 20.3 Å². The number of halogens is 1. The van der Waals surface area contributed by atoms with Crippen LogP contribution < -0.4 is 4.90 Å². The van der Waals surface area contributed by atoms with Crippen molar-refractivity contribution < 1.29 is 9.18 Å². The fourth-order valence-corrected chi connectivity index (χ4v) is 2.68. The average molecular weight is 255 g/mol. The second kappa shape index (κ2) is 4.84. The molecule has 3 heteroatoms. The molecule has 0 saturated heterocycles. The lowest BCUT2D eigenvalue weighted by atomic mass is 10.00.